The smallest absolute Gasteiger partial charge is 0.316 e. The monoisotopic (exact) mass is 358 g/mol. The van der Waals surface area contributed by atoms with Crippen molar-refractivity contribution < 1.29 is 14.3 Å². The lowest BCUT2D eigenvalue weighted by atomic mass is 9.86. The minimum Gasteiger partial charge on any atom is -0.465 e. The third-order valence-electron chi connectivity index (χ3n) is 3.95. The summed E-state index contributed by atoms with van der Waals surface area (Å²) in [5, 5.41) is 12.8. The molecule has 1 aromatic carbocycles. The van der Waals surface area contributed by atoms with Crippen LogP contribution in [0.5, 0.6) is 0 Å². The lowest BCUT2D eigenvalue weighted by Gasteiger charge is -2.25. The van der Waals surface area contributed by atoms with E-state index in [4.69, 9.17) is 4.74 Å². The molecule has 1 atom stereocenters. The van der Waals surface area contributed by atoms with Crippen LogP contribution in [0, 0.1) is 11.3 Å². The summed E-state index contributed by atoms with van der Waals surface area (Å²) >= 11 is 1.15. The van der Waals surface area contributed by atoms with Crippen molar-refractivity contribution in [1.29, 1.82) is 5.26 Å². The van der Waals surface area contributed by atoms with Crippen molar-refractivity contribution in [2.45, 2.75) is 39.0 Å². The molecule has 0 saturated carbocycles. The Hall–Kier alpha value is -2.26. The SMILES string of the molecule is CCCOC(=O)CSC1=C(C#N)[C@@H](c2ccc(CC)cc2)CC(=O)N1. The zero-order valence-electron chi connectivity index (χ0n) is 14.5. The van der Waals surface area contributed by atoms with Crippen LogP contribution in [0.15, 0.2) is 34.9 Å². The number of thioether (sulfide) groups is 1. The zero-order valence-corrected chi connectivity index (χ0v) is 15.3. The molecule has 0 radical (unpaired) electrons. The standard InChI is InChI=1S/C19H22N2O3S/c1-3-9-24-18(23)12-25-19-16(11-20)15(10-17(22)21-19)14-7-5-13(4-2)6-8-14/h5-8,15H,3-4,9-10,12H2,1-2H3,(H,21,22)/t15-/m1/s1. The van der Waals surface area contributed by atoms with Crippen LogP contribution in [0.1, 0.15) is 43.7 Å². The Labute approximate surface area is 152 Å². The summed E-state index contributed by atoms with van der Waals surface area (Å²) in [6, 6.07) is 10.2. The molecule has 1 aliphatic rings. The summed E-state index contributed by atoms with van der Waals surface area (Å²) in [4.78, 5) is 23.8. The highest BCUT2D eigenvalue weighted by molar-refractivity contribution is 8.03. The molecule has 0 saturated heterocycles. The van der Waals surface area contributed by atoms with Gasteiger partial charge in [0.2, 0.25) is 5.91 Å². The lowest BCUT2D eigenvalue weighted by Crippen LogP contribution is -2.31. The minimum absolute atomic E-state index is 0.0717. The molecule has 0 aliphatic carbocycles. The summed E-state index contributed by atoms with van der Waals surface area (Å²) in [6.07, 6.45) is 1.93. The topological polar surface area (TPSA) is 79.2 Å². The summed E-state index contributed by atoms with van der Waals surface area (Å²) in [5.74, 6) is -0.699. The fraction of sp³-hybridized carbons (Fsp3) is 0.421. The molecule has 132 valence electrons. The number of ether oxygens (including phenoxy) is 1. The Morgan fingerprint density at radius 3 is 2.68 bits per heavy atom. The molecule has 1 aromatic rings. The van der Waals surface area contributed by atoms with Crippen LogP contribution in [-0.2, 0) is 20.7 Å². The highest BCUT2D eigenvalue weighted by Gasteiger charge is 2.29. The van der Waals surface area contributed by atoms with Crippen LogP contribution in [0.25, 0.3) is 0 Å². The summed E-state index contributed by atoms with van der Waals surface area (Å²) in [7, 11) is 0. The number of hydrogen-bond acceptors (Lipinski definition) is 5. The predicted molar refractivity (Wildman–Crippen MR) is 97.7 cm³/mol. The molecule has 1 amide bonds. The number of hydrogen-bond donors (Lipinski definition) is 1. The molecule has 0 unspecified atom stereocenters. The average Bonchev–Trinajstić information content (AvgIpc) is 2.64. The number of amides is 1. The van der Waals surface area contributed by atoms with Gasteiger partial charge in [-0.1, -0.05) is 49.9 Å². The molecule has 25 heavy (non-hydrogen) atoms. The summed E-state index contributed by atoms with van der Waals surface area (Å²) < 4.78 is 5.04. The molecule has 0 bridgehead atoms. The van der Waals surface area contributed by atoms with Gasteiger partial charge in [0, 0.05) is 12.3 Å². The fourth-order valence-electron chi connectivity index (χ4n) is 2.59. The maximum atomic E-state index is 12.1. The molecule has 2 rings (SSSR count). The van der Waals surface area contributed by atoms with E-state index in [0.29, 0.717) is 17.2 Å². The number of benzene rings is 1. The van der Waals surface area contributed by atoms with Crippen molar-refractivity contribution in [2.24, 2.45) is 0 Å². The Kier molecular flexibility index (Phi) is 7.08. The molecule has 0 spiro atoms. The number of esters is 1. The minimum atomic E-state index is -0.347. The van der Waals surface area contributed by atoms with Crippen molar-refractivity contribution in [3.63, 3.8) is 0 Å². The number of nitriles is 1. The molecule has 0 aromatic heterocycles. The van der Waals surface area contributed by atoms with Crippen LogP contribution >= 0.6 is 11.8 Å². The third kappa shape index (κ3) is 5.10. The van der Waals surface area contributed by atoms with Gasteiger partial charge in [-0.3, -0.25) is 9.59 Å². The van der Waals surface area contributed by atoms with E-state index in [0.717, 1.165) is 30.2 Å². The van der Waals surface area contributed by atoms with Gasteiger partial charge in [0.15, 0.2) is 0 Å². The van der Waals surface area contributed by atoms with Gasteiger partial charge >= 0.3 is 5.97 Å². The van der Waals surface area contributed by atoms with E-state index in [1.165, 1.54) is 5.56 Å². The van der Waals surface area contributed by atoms with E-state index in [2.05, 4.69) is 18.3 Å². The van der Waals surface area contributed by atoms with Crippen LogP contribution in [0.3, 0.4) is 0 Å². The number of carbonyl (C=O) groups is 2. The van der Waals surface area contributed by atoms with E-state index >= 15 is 0 Å². The molecular weight excluding hydrogens is 336 g/mol. The number of nitrogens with zero attached hydrogens (tertiary/aromatic N) is 1. The molecule has 1 aliphatic heterocycles. The van der Waals surface area contributed by atoms with E-state index in [-0.39, 0.29) is 30.0 Å². The highest BCUT2D eigenvalue weighted by atomic mass is 32.2. The Balaban J connectivity index is 2.20. The Morgan fingerprint density at radius 1 is 1.36 bits per heavy atom. The number of aryl methyl sites for hydroxylation is 1. The van der Waals surface area contributed by atoms with Crippen molar-refractivity contribution >= 4 is 23.6 Å². The number of rotatable bonds is 7. The molecule has 5 nitrogen and oxygen atoms in total. The largest absolute Gasteiger partial charge is 0.465 e. The van der Waals surface area contributed by atoms with Crippen molar-refractivity contribution in [1.82, 2.24) is 5.32 Å². The van der Waals surface area contributed by atoms with Gasteiger partial charge in [-0.2, -0.15) is 5.26 Å². The first-order valence-corrected chi connectivity index (χ1v) is 9.38. The van der Waals surface area contributed by atoms with Crippen LogP contribution in [0.4, 0.5) is 0 Å². The average molecular weight is 358 g/mol. The fourth-order valence-corrected chi connectivity index (χ4v) is 3.47. The normalized spacial score (nSPS) is 17.0. The van der Waals surface area contributed by atoms with Gasteiger partial charge in [-0.15, -0.1) is 0 Å². The van der Waals surface area contributed by atoms with Gasteiger partial charge in [0.1, 0.15) is 0 Å². The van der Waals surface area contributed by atoms with Crippen LogP contribution in [0.2, 0.25) is 0 Å². The maximum absolute atomic E-state index is 12.1. The van der Waals surface area contributed by atoms with E-state index in [9.17, 15) is 14.9 Å². The van der Waals surface area contributed by atoms with E-state index in [1.54, 1.807) is 0 Å². The van der Waals surface area contributed by atoms with Gasteiger partial charge in [0.05, 0.1) is 29.0 Å². The second-order valence-corrected chi connectivity index (χ2v) is 6.75. The third-order valence-corrected chi connectivity index (χ3v) is 4.94. The second-order valence-electron chi connectivity index (χ2n) is 5.76. The zero-order chi connectivity index (χ0) is 18.2. The summed E-state index contributed by atoms with van der Waals surface area (Å²) in [6.45, 7) is 4.38. The molecule has 1 N–H and O–H groups in total. The first-order chi connectivity index (χ1) is 12.1. The van der Waals surface area contributed by atoms with Gasteiger partial charge in [-0.05, 0) is 24.0 Å². The van der Waals surface area contributed by atoms with Crippen LogP contribution in [-0.4, -0.2) is 24.2 Å². The first kappa shape index (κ1) is 19.1. The predicted octanol–water partition coefficient (Wildman–Crippen LogP) is 3.27. The van der Waals surface area contributed by atoms with E-state index < -0.39 is 0 Å². The second kappa shape index (κ2) is 9.28. The highest BCUT2D eigenvalue weighted by Crippen LogP contribution is 2.36. The molecule has 1 heterocycles. The lowest BCUT2D eigenvalue weighted by molar-refractivity contribution is -0.140. The van der Waals surface area contributed by atoms with E-state index in [1.807, 2.05) is 31.2 Å². The van der Waals surface area contributed by atoms with Gasteiger partial charge in [-0.25, -0.2) is 0 Å². The van der Waals surface area contributed by atoms with Gasteiger partial charge < -0.3 is 10.1 Å². The number of carbonyl (C=O) groups excluding carboxylic acids is 2. The first-order valence-electron chi connectivity index (χ1n) is 8.40. The molecule has 6 heteroatoms. The number of allylic oxidation sites excluding steroid dienone is 1. The van der Waals surface area contributed by atoms with Crippen molar-refractivity contribution in [3.05, 3.63) is 46.0 Å². The molecule has 0 fully saturated rings. The van der Waals surface area contributed by atoms with Crippen LogP contribution < -0.4 is 5.32 Å². The number of nitrogens with one attached hydrogen (secondary N) is 1. The Morgan fingerprint density at radius 2 is 2.08 bits per heavy atom. The molecular formula is C19H22N2O3S. The van der Waals surface area contributed by atoms with Crippen molar-refractivity contribution in [3.8, 4) is 6.07 Å². The van der Waals surface area contributed by atoms with Crippen molar-refractivity contribution in [2.75, 3.05) is 12.4 Å². The maximum Gasteiger partial charge on any atom is 0.316 e. The summed E-state index contributed by atoms with van der Waals surface area (Å²) in [5.41, 5.74) is 2.65. The van der Waals surface area contributed by atoms with Gasteiger partial charge in [0.25, 0.3) is 0 Å². The Bertz CT molecular complexity index is 704. The quantitative estimate of drug-likeness (QED) is 0.757.